The molecule has 0 spiro atoms. The molecule has 1 atom stereocenters. The molecule has 10 heteroatoms. The van der Waals surface area contributed by atoms with Crippen molar-refractivity contribution in [2.24, 2.45) is 0 Å². The maximum absolute atomic E-state index is 14.9. The molecule has 4 aromatic rings. The number of nitrogens with one attached hydrogen (secondary N) is 1. The third kappa shape index (κ3) is 9.04. The van der Waals surface area contributed by atoms with Gasteiger partial charge < -0.3 is 19.7 Å². The molecular formula is C40H47N3O6S. The molecule has 1 unspecified atom stereocenters. The van der Waals surface area contributed by atoms with Crippen molar-refractivity contribution in [3.63, 3.8) is 0 Å². The summed E-state index contributed by atoms with van der Waals surface area (Å²) in [7, 11) is -1.39. The summed E-state index contributed by atoms with van der Waals surface area (Å²) < 4.78 is 41.2. The Morgan fingerprint density at radius 3 is 2.16 bits per heavy atom. The van der Waals surface area contributed by atoms with E-state index in [0.717, 1.165) is 58.7 Å². The van der Waals surface area contributed by atoms with Gasteiger partial charge in [0.25, 0.3) is 10.0 Å². The van der Waals surface area contributed by atoms with Gasteiger partial charge in [-0.25, -0.2) is 8.42 Å². The highest BCUT2D eigenvalue weighted by Crippen LogP contribution is 2.36. The molecule has 0 radical (unpaired) electrons. The number of aryl methyl sites for hydroxylation is 2. The maximum Gasteiger partial charge on any atom is 0.264 e. The first kappa shape index (κ1) is 36.5. The second-order valence-electron chi connectivity index (χ2n) is 12.9. The molecule has 1 N–H and O–H groups in total. The molecule has 1 saturated carbocycles. The monoisotopic (exact) mass is 697 g/mol. The number of amides is 2. The lowest BCUT2D eigenvalue weighted by Gasteiger charge is -2.35. The van der Waals surface area contributed by atoms with E-state index >= 15 is 0 Å². The fraction of sp³-hybridized carbons (Fsp3) is 0.350. The Labute approximate surface area is 296 Å². The van der Waals surface area contributed by atoms with Gasteiger partial charge in [-0.2, -0.15) is 0 Å². The molecule has 2 amide bonds. The summed E-state index contributed by atoms with van der Waals surface area (Å²) in [6.07, 6.45) is 5.23. The van der Waals surface area contributed by atoms with Gasteiger partial charge in [-0.3, -0.25) is 13.9 Å². The van der Waals surface area contributed by atoms with Crippen LogP contribution in [0, 0.1) is 13.8 Å². The van der Waals surface area contributed by atoms with E-state index in [-0.39, 0.29) is 41.2 Å². The van der Waals surface area contributed by atoms with Crippen LogP contribution in [-0.2, 0) is 32.6 Å². The largest absolute Gasteiger partial charge is 0.497 e. The number of methoxy groups -OCH3 is 2. The van der Waals surface area contributed by atoms with E-state index in [0.29, 0.717) is 5.75 Å². The third-order valence-corrected chi connectivity index (χ3v) is 11.0. The van der Waals surface area contributed by atoms with Crippen molar-refractivity contribution in [2.75, 3.05) is 25.1 Å². The standard InChI is InChI=1S/C40H47N3O6S/c1-29-18-21-35(22-19-29)50(46,47)43(36-26-34(48-3)20-23-38(36)49-4)28-39(44)42(27-32-15-11-12-30(2)24-32)37(25-31-13-7-5-8-14-31)40(45)41-33-16-9-6-10-17-33/h5,7-8,11-15,18-24,26,33,37H,6,9-10,16-17,25,27-28H2,1-4H3,(H,41,45). The van der Waals surface area contributed by atoms with Gasteiger partial charge in [-0.1, -0.05) is 97.1 Å². The molecule has 1 aliphatic carbocycles. The molecule has 1 fully saturated rings. The predicted molar refractivity (Wildman–Crippen MR) is 196 cm³/mol. The van der Waals surface area contributed by atoms with E-state index < -0.39 is 28.5 Å². The van der Waals surface area contributed by atoms with Crippen LogP contribution < -0.4 is 19.1 Å². The topological polar surface area (TPSA) is 105 Å². The Balaban J connectivity index is 1.61. The number of carbonyl (C=O) groups is 2. The van der Waals surface area contributed by atoms with Crippen LogP contribution in [0.25, 0.3) is 0 Å². The minimum atomic E-state index is -4.31. The first-order valence-corrected chi connectivity index (χ1v) is 18.5. The Morgan fingerprint density at radius 1 is 0.800 bits per heavy atom. The molecule has 264 valence electrons. The first-order chi connectivity index (χ1) is 24.1. The highest BCUT2D eigenvalue weighted by atomic mass is 32.2. The molecule has 0 aromatic heterocycles. The molecule has 50 heavy (non-hydrogen) atoms. The van der Waals surface area contributed by atoms with Crippen molar-refractivity contribution in [2.45, 2.75) is 75.9 Å². The Kier molecular flexibility index (Phi) is 12.2. The van der Waals surface area contributed by atoms with Gasteiger partial charge in [-0.15, -0.1) is 0 Å². The van der Waals surface area contributed by atoms with Crippen LogP contribution in [0.2, 0.25) is 0 Å². The Bertz CT molecular complexity index is 1860. The summed E-state index contributed by atoms with van der Waals surface area (Å²) >= 11 is 0. The summed E-state index contributed by atoms with van der Waals surface area (Å²) in [5, 5.41) is 3.25. The summed E-state index contributed by atoms with van der Waals surface area (Å²) in [6.45, 7) is 3.35. The maximum atomic E-state index is 14.9. The summed E-state index contributed by atoms with van der Waals surface area (Å²) in [4.78, 5) is 30.8. The molecule has 0 aliphatic heterocycles. The van der Waals surface area contributed by atoms with Crippen LogP contribution in [0.5, 0.6) is 11.5 Å². The third-order valence-electron chi connectivity index (χ3n) is 9.20. The summed E-state index contributed by atoms with van der Waals surface area (Å²) in [5.74, 6) is -0.154. The lowest BCUT2D eigenvalue weighted by molar-refractivity contribution is -0.140. The van der Waals surface area contributed by atoms with E-state index in [1.807, 2.05) is 68.4 Å². The molecule has 5 rings (SSSR count). The lowest BCUT2D eigenvalue weighted by atomic mass is 9.94. The van der Waals surface area contributed by atoms with Crippen LogP contribution in [0.15, 0.2) is 102 Å². The van der Waals surface area contributed by atoms with Crippen LogP contribution in [0.3, 0.4) is 0 Å². The van der Waals surface area contributed by atoms with E-state index in [1.165, 1.54) is 31.3 Å². The smallest absolute Gasteiger partial charge is 0.264 e. The number of nitrogens with zero attached hydrogens (tertiary/aromatic N) is 2. The van der Waals surface area contributed by atoms with Gasteiger partial charge in [0.1, 0.15) is 24.1 Å². The number of hydrogen-bond acceptors (Lipinski definition) is 6. The van der Waals surface area contributed by atoms with Gasteiger partial charge >= 0.3 is 0 Å². The average molecular weight is 698 g/mol. The van der Waals surface area contributed by atoms with E-state index in [1.54, 1.807) is 30.3 Å². The Hall–Kier alpha value is -4.83. The normalized spacial score (nSPS) is 14.0. The van der Waals surface area contributed by atoms with Gasteiger partial charge in [-0.05, 0) is 62.1 Å². The zero-order valence-corrected chi connectivity index (χ0v) is 30.1. The van der Waals surface area contributed by atoms with E-state index in [4.69, 9.17) is 9.47 Å². The van der Waals surface area contributed by atoms with E-state index in [2.05, 4.69) is 5.32 Å². The number of anilines is 1. The molecule has 0 saturated heterocycles. The number of hydrogen-bond donors (Lipinski definition) is 1. The van der Waals surface area contributed by atoms with E-state index in [9.17, 15) is 18.0 Å². The SMILES string of the molecule is COc1ccc(OC)c(N(CC(=O)N(Cc2cccc(C)c2)C(Cc2ccccc2)C(=O)NC2CCCCC2)S(=O)(=O)c2ccc(C)cc2)c1. The Morgan fingerprint density at radius 2 is 1.50 bits per heavy atom. The first-order valence-electron chi connectivity index (χ1n) is 17.1. The number of ether oxygens (including phenoxy) is 2. The quantitative estimate of drug-likeness (QED) is 0.159. The lowest BCUT2D eigenvalue weighted by Crippen LogP contribution is -2.55. The van der Waals surface area contributed by atoms with Crippen LogP contribution in [0.1, 0.15) is 54.4 Å². The number of rotatable bonds is 14. The highest BCUT2D eigenvalue weighted by molar-refractivity contribution is 7.92. The van der Waals surface area contributed by atoms with Crippen molar-refractivity contribution in [1.29, 1.82) is 0 Å². The average Bonchev–Trinajstić information content (AvgIpc) is 3.12. The van der Waals surface area contributed by atoms with Crippen LogP contribution in [0.4, 0.5) is 5.69 Å². The second-order valence-corrected chi connectivity index (χ2v) is 14.8. The van der Waals surface area contributed by atoms with Gasteiger partial charge in [0, 0.05) is 25.1 Å². The van der Waals surface area contributed by atoms with Crippen molar-refractivity contribution in [1.82, 2.24) is 10.2 Å². The van der Waals surface area contributed by atoms with Gasteiger partial charge in [0.2, 0.25) is 11.8 Å². The van der Waals surface area contributed by atoms with Gasteiger partial charge in [0.05, 0.1) is 24.8 Å². The van der Waals surface area contributed by atoms with Gasteiger partial charge in [0.15, 0.2) is 0 Å². The van der Waals surface area contributed by atoms with Crippen LogP contribution in [-0.4, -0.2) is 58.0 Å². The van der Waals surface area contributed by atoms with Crippen molar-refractivity contribution >= 4 is 27.5 Å². The zero-order chi connectivity index (χ0) is 35.7. The minimum absolute atomic E-state index is 0.0156. The minimum Gasteiger partial charge on any atom is -0.497 e. The van der Waals surface area contributed by atoms with Crippen LogP contribution >= 0.6 is 0 Å². The number of benzene rings is 4. The molecule has 4 aromatic carbocycles. The van der Waals surface area contributed by atoms with Crippen molar-refractivity contribution < 1.29 is 27.5 Å². The predicted octanol–water partition coefficient (Wildman–Crippen LogP) is 6.60. The molecule has 1 aliphatic rings. The number of sulfonamides is 1. The molecule has 0 heterocycles. The highest BCUT2D eigenvalue weighted by Gasteiger charge is 2.36. The van der Waals surface area contributed by atoms with Crippen molar-refractivity contribution in [3.05, 3.63) is 119 Å². The fourth-order valence-corrected chi connectivity index (χ4v) is 7.86. The summed E-state index contributed by atoms with van der Waals surface area (Å²) in [6, 6.07) is 27.8. The molecule has 0 bridgehead atoms. The molecule has 9 nitrogen and oxygen atoms in total. The fourth-order valence-electron chi connectivity index (χ4n) is 6.45. The zero-order valence-electron chi connectivity index (χ0n) is 29.3. The summed E-state index contributed by atoms with van der Waals surface area (Å²) in [5.41, 5.74) is 3.75. The number of carbonyl (C=O) groups excluding carboxylic acids is 2. The molecular weight excluding hydrogens is 651 g/mol. The second kappa shape index (κ2) is 16.7. The van der Waals surface area contributed by atoms with Crippen molar-refractivity contribution in [3.8, 4) is 11.5 Å².